The summed E-state index contributed by atoms with van der Waals surface area (Å²) >= 11 is 0. The van der Waals surface area contributed by atoms with Gasteiger partial charge in [-0.05, 0) is 57.2 Å². The van der Waals surface area contributed by atoms with Crippen LogP contribution in [0.25, 0.3) is 22.3 Å². The van der Waals surface area contributed by atoms with Crippen molar-refractivity contribution in [1.82, 2.24) is 15.2 Å². The highest BCUT2D eigenvalue weighted by molar-refractivity contribution is 5.97. The first-order valence-electron chi connectivity index (χ1n) is 10.6. The van der Waals surface area contributed by atoms with Crippen molar-refractivity contribution in [2.75, 3.05) is 18.6 Å². The number of aromatic nitrogens is 3. The number of anilines is 1. The van der Waals surface area contributed by atoms with Gasteiger partial charge in [0.05, 0.1) is 11.8 Å². The van der Waals surface area contributed by atoms with E-state index in [9.17, 15) is 4.79 Å². The lowest BCUT2D eigenvalue weighted by Gasteiger charge is -2.18. The molecule has 0 fully saturated rings. The quantitative estimate of drug-likeness (QED) is 0.560. The maximum absolute atomic E-state index is 12.4. The van der Waals surface area contributed by atoms with Crippen LogP contribution in [-0.4, -0.2) is 40.8 Å². The summed E-state index contributed by atoms with van der Waals surface area (Å²) < 4.78 is 5.45. The van der Waals surface area contributed by atoms with Crippen molar-refractivity contribution in [3.8, 4) is 11.4 Å². The monoisotopic (exact) mass is 410 g/mol. The van der Waals surface area contributed by atoms with Crippen LogP contribution in [-0.2, 0) is 16.0 Å². The van der Waals surface area contributed by atoms with Crippen molar-refractivity contribution < 1.29 is 9.53 Å². The van der Waals surface area contributed by atoms with E-state index in [0.29, 0.717) is 0 Å². The molecule has 0 spiro atoms. The Hall–Kier alpha value is -2.60. The number of aryl methyl sites for hydroxylation is 1. The summed E-state index contributed by atoms with van der Waals surface area (Å²) in [6.07, 6.45) is 2.10. The van der Waals surface area contributed by atoms with Crippen molar-refractivity contribution in [2.45, 2.75) is 60.5 Å². The molecule has 3 rings (SSSR count). The van der Waals surface area contributed by atoms with E-state index in [1.165, 1.54) is 5.56 Å². The molecule has 0 unspecified atom stereocenters. The number of rotatable bonds is 7. The number of H-pyrrole nitrogens is 2. The van der Waals surface area contributed by atoms with E-state index >= 15 is 0 Å². The number of hydrogen-bond donors (Lipinski definition) is 2. The van der Waals surface area contributed by atoms with E-state index in [-0.39, 0.29) is 24.0 Å². The zero-order valence-electron chi connectivity index (χ0n) is 19.2. The van der Waals surface area contributed by atoms with Crippen molar-refractivity contribution in [2.24, 2.45) is 5.41 Å². The Morgan fingerprint density at radius 1 is 1.23 bits per heavy atom. The van der Waals surface area contributed by atoms with Gasteiger partial charge in [0.15, 0.2) is 0 Å². The fourth-order valence-electron chi connectivity index (χ4n) is 3.41. The Kier molecular flexibility index (Phi) is 6.36. The molecular weight excluding hydrogens is 376 g/mol. The second-order valence-electron chi connectivity index (χ2n) is 9.50. The lowest BCUT2D eigenvalue weighted by Crippen LogP contribution is -2.31. The fraction of sp³-hybridized carbons (Fsp3) is 0.500. The highest BCUT2D eigenvalue weighted by Gasteiger charge is 2.18. The molecule has 1 amide bonds. The van der Waals surface area contributed by atoms with Gasteiger partial charge < -0.3 is 14.6 Å². The summed E-state index contributed by atoms with van der Waals surface area (Å²) in [6.45, 7) is 12.8. The van der Waals surface area contributed by atoms with E-state index < -0.39 is 0 Å². The number of likely N-dealkylation sites (N-methyl/N-ethyl adjacent to an activating group) is 1. The van der Waals surface area contributed by atoms with E-state index in [1.54, 1.807) is 11.9 Å². The summed E-state index contributed by atoms with van der Waals surface area (Å²) in [5.41, 5.74) is 6.43. The number of fused-ring (bicyclic) bond motifs is 1. The molecule has 0 saturated heterocycles. The predicted octanol–water partition coefficient (Wildman–Crippen LogP) is 5.23. The van der Waals surface area contributed by atoms with Crippen LogP contribution < -0.4 is 4.90 Å². The average Bonchev–Trinajstić information content (AvgIpc) is 3.25. The average molecular weight is 411 g/mol. The second-order valence-corrected chi connectivity index (χ2v) is 9.50. The molecule has 1 aromatic carbocycles. The largest absolute Gasteiger partial charge is 0.369 e. The molecule has 0 aliphatic carbocycles. The van der Waals surface area contributed by atoms with Gasteiger partial charge in [0.25, 0.3) is 5.91 Å². The molecule has 0 radical (unpaired) electrons. The molecule has 2 aromatic heterocycles. The highest BCUT2D eigenvalue weighted by Crippen LogP contribution is 2.31. The molecule has 0 bridgehead atoms. The Balaban J connectivity index is 1.86. The summed E-state index contributed by atoms with van der Waals surface area (Å²) in [7, 11) is 1.78. The van der Waals surface area contributed by atoms with E-state index in [1.807, 2.05) is 32.0 Å². The summed E-state index contributed by atoms with van der Waals surface area (Å²) in [5.74, 6) is -0.0674. The predicted molar refractivity (Wildman–Crippen MR) is 123 cm³/mol. The molecule has 0 aliphatic heterocycles. The normalized spacial score (nSPS) is 12.1. The standard InChI is InChI=1S/C24H34N4O2/c1-15(2)30-14-22(29)28(7)18-9-8-17-12-21(25-20(17)13-18)23-19(16(3)26-27-23)10-11-24(4,5)6/h8-9,12-13,15,25H,10-11,14H2,1-7H3,(H,26,27). The number of aromatic amines is 2. The first-order valence-corrected chi connectivity index (χ1v) is 10.6. The molecule has 0 aliphatic rings. The van der Waals surface area contributed by atoms with Gasteiger partial charge in [0.2, 0.25) is 0 Å². The van der Waals surface area contributed by atoms with Crippen LogP contribution in [0.2, 0.25) is 0 Å². The van der Waals surface area contributed by atoms with Crippen molar-refractivity contribution in [1.29, 1.82) is 0 Å². The molecule has 2 heterocycles. The highest BCUT2D eigenvalue weighted by atomic mass is 16.5. The van der Waals surface area contributed by atoms with Crippen molar-refractivity contribution >= 4 is 22.5 Å². The number of nitrogens with one attached hydrogen (secondary N) is 2. The summed E-state index contributed by atoms with van der Waals surface area (Å²) in [5, 5.41) is 8.81. The second kappa shape index (κ2) is 8.64. The van der Waals surface area contributed by atoms with Gasteiger partial charge in [0, 0.05) is 34.9 Å². The van der Waals surface area contributed by atoms with E-state index in [0.717, 1.165) is 46.5 Å². The summed E-state index contributed by atoms with van der Waals surface area (Å²) in [6, 6.07) is 8.12. The van der Waals surface area contributed by atoms with Crippen molar-refractivity contribution in [3.05, 3.63) is 35.5 Å². The van der Waals surface area contributed by atoms with Gasteiger partial charge in [-0.2, -0.15) is 5.10 Å². The van der Waals surface area contributed by atoms with E-state index in [2.05, 4.69) is 48.9 Å². The fourth-order valence-corrected chi connectivity index (χ4v) is 3.41. The minimum absolute atomic E-state index is 0.0283. The minimum atomic E-state index is -0.0674. The van der Waals surface area contributed by atoms with Gasteiger partial charge in [-0.3, -0.25) is 9.89 Å². The minimum Gasteiger partial charge on any atom is -0.369 e. The number of carbonyl (C=O) groups excluding carboxylic acids is 1. The van der Waals surface area contributed by atoms with Crippen LogP contribution in [0.4, 0.5) is 5.69 Å². The Bertz CT molecular complexity index is 1020. The molecule has 30 heavy (non-hydrogen) atoms. The third-order valence-corrected chi connectivity index (χ3v) is 5.36. The number of carbonyl (C=O) groups is 1. The first kappa shape index (κ1) is 22.1. The third kappa shape index (κ3) is 5.11. The SMILES string of the molecule is Cc1[nH]nc(-c2cc3ccc(N(C)C(=O)COC(C)C)cc3[nH]2)c1CCC(C)(C)C. The summed E-state index contributed by atoms with van der Waals surface area (Å²) in [4.78, 5) is 17.5. The zero-order chi connectivity index (χ0) is 22.1. The van der Waals surface area contributed by atoms with Crippen LogP contribution in [0.15, 0.2) is 24.3 Å². The van der Waals surface area contributed by atoms with Gasteiger partial charge in [0.1, 0.15) is 12.3 Å². The number of ether oxygens (including phenoxy) is 1. The van der Waals surface area contributed by atoms with Gasteiger partial charge in [-0.1, -0.05) is 26.8 Å². The maximum Gasteiger partial charge on any atom is 0.252 e. The van der Waals surface area contributed by atoms with Gasteiger partial charge in [-0.15, -0.1) is 0 Å². The number of benzene rings is 1. The zero-order valence-corrected chi connectivity index (χ0v) is 19.2. The number of amides is 1. The number of hydrogen-bond acceptors (Lipinski definition) is 3. The maximum atomic E-state index is 12.4. The Labute approximate surface area is 179 Å². The molecule has 162 valence electrons. The molecule has 6 heteroatoms. The molecular formula is C24H34N4O2. The van der Waals surface area contributed by atoms with Crippen LogP contribution in [0.3, 0.4) is 0 Å². The molecule has 0 atom stereocenters. The first-order chi connectivity index (χ1) is 14.0. The van der Waals surface area contributed by atoms with Crippen LogP contribution in [0, 0.1) is 12.3 Å². The van der Waals surface area contributed by atoms with Crippen LogP contribution in [0.5, 0.6) is 0 Å². The molecule has 3 aromatic rings. The smallest absolute Gasteiger partial charge is 0.252 e. The van der Waals surface area contributed by atoms with Crippen molar-refractivity contribution in [3.63, 3.8) is 0 Å². The van der Waals surface area contributed by atoms with Crippen LogP contribution in [0.1, 0.15) is 52.3 Å². The van der Waals surface area contributed by atoms with Gasteiger partial charge >= 0.3 is 0 Å². The van der Waals surface area contributed by atoms with E-state index in [4.69, 9.17) is 4.74 Å². The molecule has 6 nitrogen and oxygen atoms in total. The topological polar surface area (TPSA) is 74.0 Å². The Morgan fingerprint density at radius 2 is 1.97 bits per heavy atom. The van der Waals surface area contributed by atoms with Crippen LogP contribution >= 0.6 is 0 Å². The lowest BCUT2D eigenvalue weighted by atomic mass is 9.88. The molecule has 0 saturated carbocycles. The molecule has 2 N–H and O–H groups in total. The third-order valence-electron chi connectivity index (χ3n) is 5.36. The number of nitrogens with zero attached hydrogens (tertiary/aromatic N) is 2. The lowest BCUT2D eigenvalue weighted by molar-refractivity contribution is -0.124. The Morgan fingerprint density at radius 3 is 2.63 bits per heavy atom. The van der Waals surface area contributed by atoms with Gasteiger partial charge in [-0.25, -0.2) is 0 Å².